The standard InChI is InChI=1S/C26H33N3O5/c1-7-27-25(32)33-24-22(17-10-8-16(9-11-17)14-28-26(4,5)6)23(34-29-24)19-12-18(15(2)3)20(30)13-21(19)31/h8-13,15,28,30-31H,7,14H2,1-6H3,(H,27,32). The van der Waals surface area contributed by atoms with E-state index in [1.807, 2.05) is 38.1 Å². The first-order valence-electron chi connectivity index (χ1n) is 11.4. The highest BCUT2D eigenvalue weighted by Crippen LogP contribution is 2.45. The van der Waals surface area contributed by atoms with Crippen molar-refractivity contribution in [3.63, 3.8) is 0 Å². The van der Waals surface area contributed by atoms with Gasteiger partial charge in [-0.2, -0.15) is 0 Å². The monoisotopic (exact) mass is 467 g/mol. The number of amides is 1. The van der Waals surface area contributed by atoms with Crippen molar-refractivity contribution in [2.45, 2.75) is 59.5 Å². The average Bonchev–Trinajstić information content (AvgIpc) is 3.15. The van der Waals surface area contributed by atoms with Crippen LogP contribution in [0.15, 0.2) is 40.9 Å². The van der Waals surface area contributed by atoms with Crippen molar-refractivity contribution < 1.29 is 24.3 Å². The number of benzene rings is 2. The van der Waals surface area contributed by atoms with Crippen LogP contribution in [-0.2, 0) is 6.54 Å². The molecule has 3 rings (SSSR count). The number of aromatic nitrogens is 1. The molecule has 0 aliphatic heterocycles. The molecule has 34 heavy (non-hydrogen) atoms. The van der Waals surface area contributed by atoms with Crippen molar-refractivity contribution in [2.75, 3.05) is 6.54 Å². The van der Waals surface area contributed by atoms with E-state index in [2.05, 4.69) is 36.6 Å². The van der Waals surface area contributed by atoms with Gasteiger partial charge in [-0.1, -0.05) is 38.1 Å². The van der Waals surface area contributed by atoms with E-state index in [-0.39, 0.29) is 34.6 Å². The Morgan fingerprint density at radius 3 is 2.38 bits per heavy atom. The summed E-state index contributed by atoms with van der Waals surface area (Å²) < 4.78 is 11.0. The highest BCUT2D eigenvalue weighted by atomic mass is 16.6. The number of ether oxygens (including phenoxy) is 1. The summed E-state index contributed by atoms with van der Waals surface area (Å²) in [7, 11) is 0. The zero-order valence-corrected chi connectivity index (χ0v) is 20.5. The molecule has 0 aliphatic rings. The first-order chi connectivity index (χ1) is 16.0. The van der Waals surface area contributed by atoms with E-state index >= 15 is 0 Å². The fourth-order valence-electron chi connectivity index (χ4n) is 3.45. The molecule has 182 valence electrons. The Morgan fingerprint density at radius 1 is 1.12 bits per heavy atom. The molecule has 0 fully saturated rings. The lowest BCUT2D eigenvalue weighted by molar-refractivity contribution is 0.196. The number of carbonyl (C=O) groups excluding carboxylic acids is 1. The quantitative estimate of drug-likeness (QED) is 0.360. The van der Waals surface area contributed by atoms with Crippen LogP contribution in [0.4, 0.5) is 4.79 Å². The third kappa shape index (κ3) is 5.88. The zero-order chi connectivity index (χ0) is 25.0. The molecule has 0 atom stereocenters. The van der Waals surface area contributed by atoms with Gasteiger partial charge in [-0.05, 0) is 61.5 Å². The van der Waals surface area contributed by atoms with Gasteiger partial charge in [0, 0.05) is 24.7 Å². The second-order valence-corrected chi connectivity index (χ2v) is 9.50. The Kier molecular flexibility index (Phi) is 7.51. The van der Waals surface area contributed by atoms with E-state index in [4.69, 9.17) is 9.26 Å². The molecule has 8 nitrogen and oxygen atoms in total. The number of rotatable bonds is 7. The molecule has 8 heteroatoms. The summed E-state index contributed by atoms with van der Waals surface area (Å²) in [4.78, 5) is 12.1. The van der Waals surface area contributed by atoms with Gasteiger partial charge in [0.1, 0.15) is 11.5 Å². The molecule has 0 aliphatic carbocycles. The van der Waals surface area contributed by atoms with Gasteiger partial charge in [0.15, 0.2) is 5.76 Å². The molecular weight excluding hydrogens is 434 g/mol. The molecule has 0 spiro atoms. The third-order valence-electron chi connectivity index (χ3n) is 5.25. The van der Waals surface area contributed by atoms with Gasteiger partial charge in [0.05, 0.1) is 11.1 Å². The molecule has 2 aromatic carbocycles. The summed E-state index contributed by atoms with van der Waals surface area (Å²) in [6.07, 6.45) is -0.660. The molecule has 0 unspecified atom stereocenters. The van der Waals surface area contributed by atoms with Gasteiger partial charge in [0.2, 0.25) is 0 Å². The predicted octanol–water partition coefficient (Wildman–Crippen LogP) is 5.54. The van der Waals surface area contributed by atoms with Crippen LogP contribution in [0.25, 0.3) is 22.5 Å². The van der Waals surface area contributed by atoms with Crippen molar-refractivity contribution in [1.29, 1.82) is 0 Å². The fraction of sp³-hybridized carbons (Fsp3) is 0.385. The minimum atomic E-state index is -0.660. The van der Waals surface area contributed by atoms with Gasteiger partial charge >= 0.3 is 6.09 Å². The minimum absolute atomic E-state index is 0.00590. The molecule has 0 saturated carbocycles. The fourth-order valence-corrected chi connectivity index (χ4v) is 3.45. The van der Waals surface area contributed by atoms with Gasteiger partial charge in [0.25, 0.3) is 5.88 Å². The molecule has 1 heterocycles. The Balaban J connectivity index is 2.09. The van der Waals surface area contributed by atoms with Crippen molar-refractivity contribution >= 4 is 6.09 Å². The van der Waals surface area contributed by atoms with E-state index in [9.17, 15) is 15.0 Å². The largest absolute Gasteiger partial charge is 0.508 e. The number of phenols is 2. The van der Waals surface area contributed by atoms with Crippen LogP contribution in [0.1, 0.15) is 58.6 Å². The Labute approximate surface area is 199 Å². The van der Waals surface area contributed by atoms with Gasteiger partial charge in [-0.15, -0.1) is 0 Å². The number of hydrogen-bond donors (Lipinski definition) is 4. The Hall–Kier alpha value is -3.52. The van der Waals surface area contributed by atoms with Crippen molar-refractivity contribution in [2.24, 2.45) is 0 Å². The van der Waals surface area contributed by atoms with Gasteiger partial charge < -0.3 is 30.1 Å². The number of aromatic hydroxyl groups is 2. The van der Waals surface area contributed by atoms with Crippen LogP contribution < -0.4 is 15.4 Å². The van der Waals surface area contributed by atoms with Crippen molar-refractivity contribution in [1.82, 2.24) is 15.8 Å². The smallest absolute Gasteiger partial charge is 0.414 e. The summed E-state index contributed by atoms with van der Waals surface area (Å²) in [5.41, 5.74) is 3.18. The van der Waals surface area contributed by atoms with E-state index in [1.165, 1.54) is 6.07 Å². The van der Waals surface area contributed by atoms with E-state index in [0.717, 1.165) is 5.56 Å². The lowest BCUT2D eigenvalue weighted by atomic mass is 9.95. The van der Waals surface area contributed by atoms with Crippen LogP contribution in [0.3, 0.4) is 0 Å². The van der Waals surface area contributed by atoms with Crippen LogP contribution in [0.2, 0.25) is 0 Å². The third-order valence-corrected chi connectivity index (χ3v) is 5.25. The second-order valence-electron chi connectivity index (χ2n) is 9.50. The van der Waals surface area contributed by atoms with E-state index in [1.54, 1.807) is 13.0 Å². The number of hydrogen-bond acceptors (Lipinski definition) is 7. The van der Waals surface area contributed by atoms with Crippen molar-refractivity contribution in [3.8, 4) is 39.8 Å². The molecule has 0 radical (unpaired) electrons. The number of phenolic OH excluding ortho intramolecular Hbond substituents is 2. The van der Waals surface area contributed by atoms with Crippen LogP contribution in [-0.4, -0.2) is 33.5 Å². The highest BCUT2D eigenvalue weighted by molar-refractivity contribution is 5.87. The van der Waals surface area contributed by atoms with Gasteiger partial charge in [-0.25, -0.2) is 4.79 Å². The first-order valence-corrected chi connectivity index (χ1v) is 11.4. The lowest BCUT2D eigenvalue weighted by Gasteiger charge is -2.20. The molecule has 3 aromatic rings. The molecular formula is C26H33N3O5. The highest BCUT2D eigenvalue weighted by Gasteiger charge is 2.26. The van der Waals surface area contributed by atoms with Crippen LogP contribution in [0.5, 0.6) is 17.4 Å². The summed E-state index contributed by atoms with van der Waals surface area (Å²) >= 11 is 0. The topological polar surface area (TPSA) is 117 Å². The minimum Gasteiger partial charge on any atom is -0.508 e. The zero-order valence-electron chi connectivity index (χ0n) is 20.5. The van der Waals surface area contributed by atoms with Gasteiger partial charge in [-0.3, -0.25) is 0 Å². The lowest BCUT2D eigenvalue weighted by Crippen LogP contribution is -2.35. The van der Waals surface area contributed by atoms with Crippen LogP contribution >= 0.6 is 0 Å². The summed E-state index contributed by atoms with van der Waals surface area (Å²) in [5, 5.41) is 30.9. The Morgan fingerprint density at radius 2 is 1.79 bits per heavy atom. The van der Waals surface area contributed by atoms with Crippen molar-refractivity contribution in [3.05, 3.63) is 47.5 Å². The molecule has 1 aromatic heterocycles. The SMILES string of the molecule is CCNC(=O)Oc1noc(-c2cc(C(C)C)c(O)cc2O)c1-c1ccc(CNC(C)(C)C)cc1. The van der Waals surface area contributed by atoms with E-state index in [0.29, 0.717) is 35.3 Å². The molecule has 0 saturated heterocycles. The first kappa shape index (κ1) is 25.1. The Bertz CT molecular complexity index is 1140. The number of carbonyl (C=O) groups is 1. The second kappa shape index (κ2) is 10.2. The molecule has 1 amide bonds. The predicted molar refractivity (Wildman–Crippen MR) is 131 cm³/mol. The average molecular weight is 468 g/mol. The maximum absolute atomic E-state index is 12.1. The summed E-state index contributed by atoms with van der Waals surface area (Å²) in [6.45, 7) is 13.0. The van der Waals surface area contributed by atoms with Crippen LogP contribution in [0, 0.1) is 0 Å². The summed E-state index contributed by atoms with van der Waals surface area (Å²) in [6, 6.07) is 10.7. The normalized spacial score (nSPS) is 11.6. The molecule has 0 bridgehead atoms. The summed E-state index contributed by atoms with van der Waals surface area (Å²) in [5.74, 6) is 0.0485. The van der Waals surface area contributed by atoms with E-state index < -0.39 is 6.09 Å². The number of nitrogens with zero attached hydrogens (tertiary/aromatic N) is 1. The number of nitrogens with one attached hydrogen (secondary N) is 2. The maximum Gasteiger partial charge on any atom is 0.414 e. The molecule has 4 N–H and O–H groups in total. The maximum atomic E-state index is 12.1.